The minimum absolute atomic E-state index is 0.0792. The van der Waals surface area contributed by atoms with E-state index in [-0.39, 0.29) is 5.69 Å². The Morgan fingerprint density at radius 1 is 1.18 bits per heavy atom. The third-order valence-corrected chi connectivity index (χ3v) is 3.20. The molecule has 2 aromatic carbocycles. The second-order valence-electron chi connectivity index (χ2n) is 4.68. The van der Waals surface area contributed by atoms with Gasteiger partial charge in [-0.05, 0) is 11.6 Å². The number of ether oxygens (including phenoxy) is 1. The number of hydrogen-bond acceptors (Lipinski definition) is 5. The minimum Gasteiger partial charge on any atom is -0.467 e. The predicted octanol–water partition coefficient (Wildman–Crippen LogP) is 2.79. The third kappa shape index (κ3) is 3.82. The maximum atomic E-state index is 11.9. The Kier molecular flexibility index (Phi) is 5.08. The van der Waals surface area contributed by atoms with Gasteiger partial charge in [0, 0.05) is 12.5 Å². The van der Waals surface area contributed by atoms with Gasteiger partial charge in [0.2, 0.25) is 0 Å². The van der Waals surface area contributed by atoms with Gasteiger partial charge in [0.25, 0.3) is 5.69 Å². The largest absolute Gasteiger partial charge is 0.467 e. The fourth-order valence-electron chi connectivity index (χ4n) is 2.13. The van der Waals surface area contributed by atoms with Crippen molar-refractivity contribution in [2.45, 2.75) is 12.5 Å². The number of carbonyl (C=O) groups is 1. The molecule has 1 atom stereocenters. The Morgan fingerprint density at radius 2 is 1.82 bits per heavy atom. The highest BCUT2D eigenvalue weighted by Crippen LogP contribution is 2.24. The molecular formula is C16H16N2O4. The lowest BCUT2D eigenvalue weighted by molar-refractivity contribution is -0.384. The highest BCUT2D eigenvalue weighted by molar-refractivity contribution is 5.81. The van der Waals surface area contributed by atoms with Crippen molar-refractivity contribution in [1.82, 2.24) is 0 Å². The van der Waals surface area contributed by atoms with E-state index >= 15 is 0 Å². The summed E-state index contributed by atoms with van der Waals surface area (Å²) in [5.74, 6) is -0.470. The number of benzene rings is 2. The molecule has 0 saturated carbocycles. The zero-order chi connectivity index (χ0) is 15.9. The molecule has 0 aliphatic rings. The van der Waals surface area contributed by atoms with E-state index in [2.05, 4.69) is 5.32 Å². The summed E-state index contributed by atoms with van der Waals surface area (Å²) in [6.07, 6.45) is 0.375. The molecule has 1 N–H and O–H groups in total. The number of para-hydroxylation sites is 2. The van der Waals surface area contributed by atoms with Crippen LogP contribution in [0.4, 0.5) is 11.4 Å². The Morgan fingerprint density at radius 3 is 2.45 bits per heavy atom. The monoisotopic (exact) mass is 300 g/mol. The van der Waals surface area contributed by atoms with Crippen LogP contribution < -0.4 is 5.32 Å². The molecule has 114 valence electrons. The summed E-state index contributed by atoms with van der Waals surface area (Å²) in [4.78, 5) is 22.5. The number of nitrogens with one attached hydrogen (secondary N) is 1. The first-order valence-corrected chi connectivity index (χ1v) is 6.73. The molecule has 0 amide bonds. The van der Waals surface area contributed by atoms with Gasteiger partial charge in [0.15, 0.2) is 0 Å². The first kappa shape index (κ1) is 15.5. The fourth-order valence-corrected chi connectivity index (χ4v) is 2.13. The first-order valence-electron chi connectivity index (χ1n) is 6.73. The Labute approximate surface area is 127 Å². The molecule has 6 nitrogen and oxygen atoms in total. The highest BCUT2D eigenvalue weighted by Gasteiger charge is 2.23. The molecule has 0 spiro atoms. The second-order valence-corrected chi connectivity index (χ2v) is 4.68. The molecule has 6 heteroatoms. The van der Waals surface area contributed by atoms with E-state index in [0.29, 0.717) is 12.1 Å². The van der Waals surface area contributed by atoms with Crippen LogP contribution in [-0.4, -0.2) is 24.0 Å². The van der Waals surface area contributed by atoms with Crippen LogP contribution in [0.5, 0.6) is 0 Å². The number of esters is 1. The number of nitrogens with zero attached hydrogens (tertiary/aromatic N) is 1. The molecule has 0 unspecified atom stereocenters. The van der Waals surface area contributed by atoms with Crippen LogP contribution in [-0.2, 0) is 16.0 Å². The molecule has 0 bridgehead atoms. The Balaban J connectivity index is 2.24. The van der Waals surface area contributed by atoms with Gasteiger partial charge in [0.1, 0.15) is 11.7 Å². The summed E-state index contributed by atoms with van der Waals surface area (Å²) in [5, 5.41) is 14.0. The lowest BCUT2D eigenvalue weighted by Gasteiger charge is -2.17. The van der Waals surface area contributed by atoms with E-state index in [1.807, 2.05) is 30.3 Å². The van der Waals surface area contributed by atoms with Gasteiger partial charge in [-0.15, -0.1) is 0 Å². The van der Waals surface area contributed by atoms with Gasteiger partial charge >= 0.3 is 5.97 Å². The van der Waals surface area contributed by atoms with Crippen molar-refractivity contribution in [2.24, 2.45) is 0 Å². The van der Waals surface area contributed by atoms with Gasteiger partial charge in [-0.1, -0.05) is 42.5 Å². The quantitative estimate of drug-likeness (QED) is 0.504. The maximum Gasteiger partial charge on any atom is 0.328 e. The van der Waals surface area contributed by atoms with Crippen LogP contribution in [0.25, 0.3) is 0 Å². The predicted molar refractivity (Wildman–Crippen MR) is 82.7 cm³/mol. The summed E-state index contributed by atoms with van der Waals surface area (Å²) >= 11 is 0. The molecular weight excluding hydrogens is 284 g/mol. The van der Waals surface area contributed by atoms with E-state index in [4.69, 9.17) is 4.74 Å². The SMILES string of the molecule is COC(=O)[C@H](Cc1ccccc1)Nc1ccccc1[N+](=O)[O-]. The van der Waals surface area contributed by atoms with Crippen molar-refractivity contribution < 1.29 is 14.5 Å². The molecule has 0 saturated heterocycles. The molecule has 0 fully saturated rings. The fraction of sp³-hybridized carbons (Fsp3) is 0.188. The maximum absolute atomic E-state index is 11.9. The zero-order valence-electron chi connectivity index (χ0n) is 12.1. The molecule has 22 heavy (non-hydrogen) atoms. The number of carbonyl (C=O) groups excluding carboxylic acids is 1. The van der Waals surface area contributed by atoms with E-state index in [1.165, 1.54) is 13.2 Å². The summed E-state index contributed by atoms with van der Waals surface area (Å²) in [7, 11) is 1.29. The van der Waals surface area contributed by atoms with E-state index in [0.717, 1.165) is 5.56 Å². The van der Waals surface area contributed by atoms with Gasteiger partial charge in [0.05, 0.1) is 12.0 Å². The van der Waals surface area contributed by atoms with Crippen LogP contribution in [0.1, 0.15) is 5.56 Å². The van der Waals surface area contributed by atoms with E-state index in [9.17, 15) is 14.9 Å². The average Bonchev–Trinajstić information content (AvgIpc) is 2.54. The number of nitro groups is 1. The van der Waals surface area contributed by atoms with Gasteiger partial charge in [-0.3, -0.25) is 10.1 Å². The van der Waals surface area contributed by atoms with Crippen molar-refractivity contribution >= 4 is 17.3 Å². The van der Waals surface area contributed by atoms with Crippen LogP contribution in [0.2, 0.25) is 0 Å². The summed E-state index contributed by atoms with van der Waals surface area (Å²) in [5.41, 5.74) is 1.15. The third-order valence-electron chi connectivity index (χ3n) is 3.20. The lowest BCUT2D eigenvalue weighted by atomic mass is 10.1. The van der Waals surface area contributed by atoms with Crippen molar-refractivity contribution in [2.75, 3.05) is 12.4 Å². The van der Waals surface area contributed by atoms with Crippen molar-refractivity contribution in [1.29, 1.82) is 0 Å². The number of nitro benzene ring substituents is 1. The van der Waals surface area contributed by atoms with Gasteiger partial charge < -0.3 is 10.1 Å². The standard InChI is InChI=1S/C16H16N2O4/c1-22-16(19)14(11-12-7-3-2-4-8-12)17-13-9-5-6-10-15(13)18(20)21/h2-10,14,17H,11H2,1H3/t14-/m0/s1. The molecule has 0 heterocycles. The minimum atomic E-state index is -0.700. The molecule has 2 aromatic rings. The van der Waals surface area contributed by atoms with Crippen LogP contribution in [0.15, 0.2) is 54.6 Å². The summed E-state index contributed by atoms with van der Waals surface area (Å²) in [6.45, 7) is 0. The molecule has 0 aromatic heterocycles. The van der Waals surface area contributed by atoms with Crippen molar-refractivity contribution in [3.8, 4) is 0 Å². The normalized spacial score (nSPS) is 11.5. The molecule has 0 aliphatic heterocycles. The van der Waals surface area contributed by atoms with Crippen molar-refractivity contribution in [3.05, 3.63) is 70.3 Å². The van der Waals surface area contributed by atoms with Gasteiger partial charge in [-0.2, -0.15) is 0 Å². The van der Waals surface area contributed by atoms with Gasteiger partial charge in [-0.25, -0.2) is 4.79 Å². The molecule has 2 rings (SSSR count). The Hall–Kier alpha value is -2.89. The smallest absolute Gasteiger partial charge is 0.328 e. The zero-order valence-corrected chi connectivity index (χ0v) is 12.1. The lowest BCUT2D eigenvalue weighted by Crippen LogP contribution is -2.33. The second kappa shape index (κ2) is 7.21. The number of anilines is 1. The summed E-state index contributed by atoms with van der Waals surface area (Å²) < 4.78 is 4.79. The average molecular weight is 300 g/mol. The number of methoxy groups -OCH3 is 1. The molecule has 0 radical (unpaired) electrons. The van der Waals surface area contributed by atoms with E-state index in [1.54, 1.807) is 18.2 Å². The van der Waals surface area contributed by atoms with Crippen molar-refractivity contribution in [3.63, 3.8) is 0 Å². The van der Waals surface area contributed by atoms with Crippen LogP contribution in [0, 0.1) is 10.1 Å². The first-order chi connectivity index (χ1) is 10.6. The Bertz CT molecular complexity index is 658. The number of hydrogen-bond donors (Lipinski definition) is 1. The molecule has 0 aliphatic carbocycles. The highest BCUT2D eigenvalue weighted by atomic mass is 16.6. The number of rotatable bonds is 6. The van der Waals surface area contributed by atoms with Crippen LogP contribution in [0.3, 0.4) is 0 Å². The van der Waals surface area contributed by atoms with Crippen LogP contribution >= 0.6 is 0 Å². The van der Waals surface area contributed by atoms with E-state index < -0.39 is 16.9 Å². The summed E-state index contributed by atoms with van der Waals surface area (Å²) in [6, 6.07) is 14.9. The topological polar surface area (TPSA) is 81.5 Å².